The Morgan fingerprint density at radius 3 is 2.73 bits per heavy atom. The van der Waals surface area contributed by atoms with E-state index in [0.29, 0.717) is 6.04 Å². The maximum Gasteiger partial charge on any atom is 0.0246 e. The molecule has 90 valence electrons. The number of likely N-dealkylation sites (tertiary alicyclic amines) is 1. The Morgan fingerprint density at radius 2 is 2.07 bits per heavy atom. The highest BCUT2D eigenvalue weighted by Crippen LogP contribution is 2.19. The van der Waals surface area contributed by atoms with Gasteiger partial charge in [0.15, 0.2) is 0 Å². The number of nitrogens with one attached hydrogen (secondary N) is 1. The van der Waals surface area contributed by atoms with Crippen molar-refractivity contribution in [3.63, 3.8) is 0 Å². The largest absolute Gasteiger partial charge is 0.313 e. The summed E-state index contributed by atoms with van der Waals surface area (Å²) in [5.41, 5.74) is 0. The summed E-state index contributed by atoms with van der Waals surface area (Å²) in [4.78, 5) is 2.69. The van der Waals surface area contributed by atoms with Crippen LogP contribution >= 0.6 is 0 Å². The van der Waals surface area contributed by atoms with Crippen LogP contribution in [0, 0.1) is 0 Å². The van der Waals surface area contributed by atoms with Crippen LogP contribution in [-0.2, 0) is 0 Å². The third-order valence-electron chi connectivity index (χ3n) is 3.47. The Morgan fingerprint density at radius 1 is 1.27 bits per heavy atom. The van der Waals surface area contributed by atoms with Gasteiger partial charge in [0.2, 0.25) is 0 Å². The summed E-state index contributed by atoms with van der Waals surface area (Å²) in [7, 11) is 0. The van der Waals surface area contributed by atoms with E-state index in [9.17, 15) is 0 Å². The Labute approximate surface area is 95.4 Å². The molecule has 0 aromatic carbocycles. The molecule has 0 aromatic heterocycles. The summed E-state index contributed by atoms with van der Waals surface area (Å²) in [6, 6.07) is 1.45. The zero-order valence-electron chi connectivity index (χ0n) is 10.8. The van der Waals surface area contributed by atoms with Gasteiger partial charge in [-0.05, 0) is 52.2 Å². The zero-order chi connectivity index (χ0) is 11.1. The predicted molar refractivity (Wildman–Crippen MR) is 67.3 cm³/mol. The van der Waals surface area contributed by atoms with Crippen molar-refractivity contribution in [1.29, 1.82) is 0 Å². The van der Waals surface area contributed by atoms with Gasteiger partial charge < -0.3 is 5.32 Å². The molecule has 2 heteroatoms. The van der Waals surface area contributed by atoms with Gasteiger partial charge in [0.1, 0.15) is 0 Å². The molecule has 1 aliphatic rings. The van der Waals surface area contributed by atoms with Gasteiger partial charge in [0.25, 0.3) is 0 Å². The van der Waals surface area contributed by atoms with Gasteiger partial charge in [-0.25, -0.2) is 0 Å². The second kappa shape index (κ2) is 7.24. The first-order chi connectivity index (χ1) is 7.29. The van der Waals surface area contributed by atoms with Crippen LogP contribution in [0.1, 0.15) is 52.9 Å². The fourth-order valence-corrected chi connectivity index (χ4v) is 2.66. The molecular formula is C13H28N2. The topological polar surface area (TPSA) is 15.3 Å². The molecule has 0 aliphatic carbocycles. The number of nitrogens with zero attached hydrogens (tertiary/aromatic N) is 1. The van der Waals surface area contributed by atoms with Gasteiger partial charge in [0, 0.05) is 12.1 Å². The minimum absolute atomic E-state index is 0.664. The van der Waals surface area contributed by atoms with Gasteiger partial charge in [-0.1, -0.05) is 20.3 Å². The van der Waals surface area contributed by atoms with Crippen molar-refractivity contribution in [1.82, 2.24) is 10.2 Å². The van der Waals surface area contributed by atoms with Gasteiger partial charge in [-0.2, -0.15) is 0 Å². The maximum atomic E-state index is 3.65. The molecule has 1 aliphatic heterocycles. The highest BCUT2D eigenvalue weighted by atomic mass is 15.2. The summed E-state index contributed by atoms with van der Waals surface area (Å²) in [5, 5.41) is 3.65. The van der Waals surface area contributed by atoms with Crippen molar-refractivity contribution < 1.29 is 0 Å². The van der Waals surface area contributed by atoms with Crippen LogP contribution in [0.4, 0.5) is 0 Å². The second-order valence-electron chi connectivity index (χ2n) is 4.84. The predicted octanol–water partition coefficient (Wildman–Crippen LogP) is 2.64. The molecule has 0 aromatic rings. The van der Waals surface area contributed by atoms with E-state index in [4.69, 9.17) is 0 Å². The fourth-order valence-electron chi connectivity index (χ4n) is 2.66. The first kappa shape index (κ1) is 13.0. The Balaban J connectivity index is 2.39. The Bertz CT molecular complexity index is 157. The van der Waals surface area contributed by atoms with Crippen molar-refractivity contribution in [2.45, 2.75) is 65.0 Å². The lowest BCUT2D eigenvalue weighted by molar-refractivity contribution is 0.119. The number of hydrogen-bond donors (Lipinski definition) is 1. The van der Waals surface area contributed by atoms with Crippen LogP contribution in [0.2, 0.25) is 0 Å². The van der Waals surface area contributed by atoms with Crippen molar-refractivity contribution in [2.75, 3.05) is 19.6 Å². The van der Waals surface area contributed by atoms with Crippen LogP contribution < -0.4 is 5.32 Å². The molecule has 2 unspecified atom stereocenters. The van der Waals surface area contributed by atoms with Crippen LogP contribution in [0.3, 0.4) is 0 Å². The monoisotopic (exact) mass is 212 g/mol. The number of rotatable bonds is 6. The van der Waals surface area contributed by atoms with Gasteiger partial charge in [-0.3, -0.25) is 4.90 Å². The molecule has 1 heterocycles. The van der Waals surface area contributed by atoms with Crippen LogP contribution in [0.15, 0.2) is 0 Å². The zero-order valence-corrected chi connectivity index (χ0v) is 10.8. The van der Waals surface area contributed by atoms with E-state index >= 15 is 0 Å². The lowest BCUT2D eigenvalue weighted by Crippen LogP contribution is -2.51. The van der Waals surface area contributed by atoms with E-state index in [1.807, 2.05) is 0 Å². The fraction of sp³-hybridized carbons (Fsp3) is 1.00. The molecule has 0 radical (unpaired) electrons. The molecule has 1 fully saturated rings. The first-order valence-electron chi connectivity index (χ1n) is 6.77. The van der Waals surface area contributed by atoms with E-state index < -0.39 is 0 Å². The molecular weight excluding hydrogens is 184 g/mol. The Hall–Kier alpha value is -0.0800. The van der Waals surface area contributed by atoms with Crippen LogP contribution in [0.25, 0.3) is 0 Å². The molecule has 2 atom stereocenters. The number of piperidine rings is 1. The molecule has 1 saturated heterocycles. The van der Waals surface area contributed by atoms with Crippen LogP contribution in [0.5, 0.6) is 0 Å². The SMILES string of the molecule is CCCNC(C)C1CCCCN1CCC. The number of hydrogen-bond acceptors (Lipinski definition) is 2. The third-order valence-corrected chi connectivity index (χ3v) is 3.47. The molecule has 0 spiro atoms. The summed E-state index contributed by atoms with van der Waals surface area (Å²) in [6.45, 7) is 10.6. The molecule has 15 heavy (non-hydrogen) atoms. The lowest BCUT2D eigenvalue weighted by Gasteiger charge is -2.39. The van der Waals surface area contributed by atoms with Gasteiger partial charge in [-0.15, -0.1) is 0 Å². The summed E-state index contributed by atoms with van der Waals surface area (Å²) in [5.74, 6) is 0. The highest BCUT2D eigenvalue weighted by molar-refractivity contribution is 4.84. The maximum absolute atomic E-state index is 3.65. The smallest absolute Gasteiger partial charge is 0.0246 e. The standard InChI is InChI=1S/C13H28N2/c1-4-9-14-12(3)13-8-6-7-11-15(13)10-5-2/h12-14H,4-11H2,1-3H3. The van der Waals surface area contributed by atoms with Crippen molar-refractivity contribution in [3.8, 4) is 0 Å². The second-order valence-corrected chi connectivity index (χ2v) is 4.84. The van der Waals surface area contributed by atoms with E-state index in [1.165, 1.54) is 45.2 Å². The average molecular weight is 212 g/mol. The molecule has 0 bridgehead atoms. The first-order valence-corrected chi connectivity index (χ1v) is 6.77. The quantitative estimate of drug-likeness (QED) is 0.728. The molecule has 0 saturated carbocycles. The van der Waals surface area contributed by atoms with E-state index in [2.05, 4.69) is 31.0 Å². The highest BCUT2D eigenvalue weighted by Gasteiger charge is 2.25. The van der Waals surface area contributed by atoms with Crippen LogP contribution in [-0.4, -0.2) is 36.6 Å². The Kier molecular flexibility index (Phi) is 6.26. The van der Waals surface area contributed by atoms with E-state index in [0.717, 1.165) is 12.6 Å². The minimum Gasteiger partial charge on any atom is -0.313 e. The van der Waals surface area contributed by atoms with Crippen molar-refractivity contribution in [2.24, 2.45) is 0 Å². The van der Waals surface area contributed by atoms with Gasteiger partial charge in [0.05, 0.1) is 0 Å². The average Bonchev–Trinajstić information content (AvgIpc) is 2.27. The summed E-state index contributed by atoms with van der Waals surface area (Å²) < 4.78 is 0. The normalized spacial score (nSPS) is 25.4. The molecule has 0 amide bonds. The minimum atomic E-state index is 0.664. The van der Waals surface area contributed by atoms with Crippen molar-refractivity contribution >= 4 is 0 Å². The lowest BCUT2D eigenvalue weighted by atomic mass is 9.96. The molecule has 2 nitrogen and oxygen atoms in total. The van der Waals surface area contributed by atoms with E-state index in [1.54, 1.807) is 0 Å². The van der Waals surface area contributed by atoms with Crippen molar-refractivity contribution in [3.05, 3.63) is 0 Å². The third kappa shape index (κ3) is 4.12. The summed E-state index contributed by atoms with van der Waals surface area (Å²) >= 11 is 0. The summed E-state index contributed by atoms with van der Waals surface area (Å²) in [6.07, 6.45) is 6.74. The van der Waals surface area contributed by atoms with Gasteiger partial charge >= 0.3 is 0 Å². The van der Waals surface area contributed by atoms with E-state index in [-0.39, 0.29) is 0 Å². The molecule has 1 rings (SSSR count). The molecule has 1 N–H and O–H groups in total.